The Morgan fingerprint density at radius 2 is 1.74 bits per heavy atom. The van der Waals surface area contributed by atoms with Gasteiger partial charge in [-0.2, -0.15) is 5.10 Å². The van der Waals surface area contributed by atoms with Gasteiger partial charge in [0, 0.05) is 44.0 Å². The molecule has 1 aromatic heterocycles. The first kappa shape index (κ1) is 18.6. The van der Waals surface area contributed by atoms with Crippen molar-refractivity contribution in [2.75, 3.05) is 26.2 Å². The van der Waals surface area contributed by atoms with Crippen molar-refractivity contribution in [1.29, 1.82) is 0 Å². The maximum absolute atomic E-state index is 13.9. The maximum Gasteiger partial charge on any atom is 0.163 e. The smallest absolute Gasteiger partial charge is 0.163 e. The zero-order chi connectivity index (χ0) is 18.8. The molecular formula is C21H28F2N4. The van der Waals surface area contributed by atoms with E-state index in [0.29, 0.717) is 12.1 Å². The summed E-state index contributed by atoms with van der Waals surface area (Å²) < 4.78 is 29.1. The number of nitrogens with zero attached hydrogens (tertiary/aromatic N) is 4. The van der Waals surface area contributed by atoms with Crippen LogP contribution in [-0.2, 0) is 20.1 Å². The van der Waals surface area contributed by atoms with Gasteiger partial charge in [0.1, 0.15) is 0 Å². The van der Waals surface area contributed by atoms with Gasteiger partial charge in [-0.1, -0.05) is 12.1 Å². The summed E-state index contributed by atoms with van der Waals surface area (Å²) in [4.78, 5) is 4.80. The van der Waals surface area contributed by atoms with Crippen LogP contribution in [0.5, 0.6) is 0 Å². The van der Waals surface area contributed by atoms with E-state index in [0.717, 1.165) is 57.4 Å². The largest absolute Gasteiger partial charge is 0.299 e. The molecule has 0 bridgehead atoms. The van der Waals surface area contributed by atoms with Crippen molar-refractivity contribution in [1.82, 2.24) is 19.6 Å². The lowest BCUT2D eigenvalue weighted by Gasteiger charge is -2.35. The molecule has 6 heteroatoms. The van der Waals surface area contributed by atoms with Crippen LogP contribution in [0.25, 0.3) is 0 Å². The minimum absolute atomic E-state index is 0.469. The highest BCUT2D eigenvalue weighted by atomic mass is 19.2. The van der Waals surface area contributed by atoms with Gasteiger partial charge < -0.3 is 0 Å². The van der Waals surface area contributed by atoms with Crippen LogP contribution in [-0.4, -0.2) is 45.8 Å². The number of benzene rings is 1. The first-order chi connectivity index (χ1) is 13.1. The van der Waals surface area contributed by atoms with Crippen molar-refractivity contribution < 1.29 is 8.78 Å². The lowest BCUT2D eigenvalue weighted by molar-refractivity contribution is 0.139. The fourth-order valence-electron chi connectivity index (χ4n) is 4.70. The second kappa shape index (κ2) is 8.07. The van der Waals surface area contributed by atoms with Gasteiger partial charge in [0.05, 0.1) is 6.20 Å². The molecule has 0 spiro atoms. The SMILES string of the molecule is Cn1cc(CN2CCC(C3CCN(Cc4cccc(F)c4F)CC3)C2)cn1. The molecule has 2 aliphatic rings. The molecule has 2 saturated heterocycles. The number of hydrogen-bond acceptors (Lipinski definition) is 3. The van der Waals surface area contributed by atoms with Gasteiger partial charge in [0.25, 0.3) is 0 Å². The molecule has 0 saturated carbocycles. The number of likely N-dealkylation sites (tertiary alicyclic amines) is 2. The van der Waals surface area contributed by atoms with Gasteiger partial charge in [-0.25, -0.2) is 8.78 Å². The van der Waals surface area contributed by atoms with Crippen molar-refractivity contribution in [3.8, 4) is 0 Å². The monoisotopic (exact) mass is 374 g/mol. The van der Waals surface area contributed by atoms with Crippen molar-refractivity contribution in [2.45, 2.75) is 32.4 Å². The lowest BCUT2D eigenvalue weighted by atomic mass is 9.83. The molecule has 1 unspecified atom stereocenters. The van der Waals surface area contributed by atoms with E-state index in [9.17, 15) is 8.78 Å². The Hall–Kier alpha value is -1.79. The van der Waals surface area contributed by atoms with E-state index in [1.165, 1.54) is 18.1 Å². The van der Waals surface area contributed by atoms with E-state index in [-0.39, 0.29) is 0 Å². The van der Waals surface area contributed by atoms with Gasteiger partial charge in [0.15, 0.2) is 11.6 Å². The molecule has 1 aromatic carbocycles. The number of hydrogen-bond donors (Lipinski definition) is 0. The summed E-state index contributed by atoms with van der Waals surface area (Å²) in [5.74, 6) is 0.0655. The van der Waals surface area contributed by atoms with Gasteiger partial charge in [-0.05, 0) is 56.8 Å². The highest BCUT2D eigenvalue weighted by molar-refractivity contribution is 5.18. The molecule has 0 amide bonds. The summed E-state index contributed by atoms with van der Waals surface area (Å²) in [6, 6.07) is 4.47. The highest BCUT2D eigenvalue weighted by Crippen LogP contribution is 2.33. The fourth-order valence-corrected chi connectivity index (χ4v) is 4.70. The molecule has 2 aliphatic heterocycles. The number of piperidine rings is 1. The average Bonchev–Trinajstić information content (AvgIpc) is 3.29. The second-order valence-corrected chi connectivity index (χ2v) is 8.13. The minimum atomic E-state index is -0.748. The Kier molecular flexibility index (Phi) is 5.55. The molecule has 4 rings (SSSR count). The molecule has 0 radical (unpaired) electrons. The zero-order valence-electron chi connectivity index (χ0n) is 16.0. The van der Waals surface area contributed by atoms with Crippen molar-refractivity contribution in [3.63, 3.8) is 0 Å². The summed E-state index contributed by atoms with van der Waals surface area (Å²) in [7, 11) is 1.96. The van der Waals surface area contributed by atoms with E-state index in [1.54, 1.807) is 12.1 Å². The van der Waals surface area contributed by atoms with E-state index < -0.39 is 11.6 Å². The van der Waals surface area contributed by atoms with Crippen LogP contribution in [0.2, 0.25) is 0 Å². The zero-order valence-corrected chi connectivity index (χ0v) is 16.0. The summed E-state index contributed by atoms with van der Waals surface area (Å²) in [5, 5.41) is 4.26. The average molecular weight is 374 g/mol. The Morgan fingerprint density at radius 3 is 2.48 bits per heavy atom. The molecule has 2 aromatic rings. The molecule has 0 aliphatic carbocycles. The van der Waals surface area contributed by atoms with Gasteiger partial charge in [0.2, 0.25) is 0 Å². The third kappa shape index (κ3) is 4.38. The van der Waals surface area contributed by atoms with Crippen LogP contribution >= 0.6 is 0 Å². The van der Waals surface area contributed by atoms with Crippen LogP contribution < -0.4 is 0 Å². The van der Waals surface area contributed by atoms with Crippen molar-refractivity contribution in [2.24, 2.45) is 18.9 Å². The van der Waals surface area contributed by atoms with Gasteiger partial charge in [-0.3, -0.25) is 14.5 Å². The van der Waals surface area contributed by atoms with Gasteiger partial charge in [-0.15, -0.1) is 0 Å². The predicted molar refractivity (Wildman–Crippen MR) is 101 cm³/mol. The topological polar surface area (TPSA) is 24.3 Å². The third-order valence-corrected chi connectivity index (χ3v) is 6.20. The van der Waals surface area contributed by atoms with E-state index in [1.807, 2.05) is 17.9 Å². The van der Waals surface area contributed by atoms with Crippen LogP contribution in [0.4, 0.5) is 8.78 Å². The van der Waals surface area contributed by atoms with E-state index in [2.05, 4.69) is 21.1 Å². The summed E-state index contributed by atoms with van der Waals surface area (Å²) in [6.45, 7) is 5.77. The number of aryl methyl sites for hydroxylation is 1. The first-order valence-electron chi connectivity index (χ1n) is 9.93. The highest BCUT2D eigenvalue weighted by Gasteiger charge is 2.32. The Labute approximate surface area is 159 Å². The molecule has 0 N–H and O–H groups in total. The van der Waals surface area contributed by atoms with Crippen LogP contribution in [0, 0.1) is 23.5 Å². The molecular weight excluding hydrogens is 346 g/mol. The van der Waals surface area contributed by atoms with E-state index in [4.69, 9.17) is 0 Å². The van der Waals surface area contributed by atoms with Crippen LogP contribution in [0.1, 0.15) is 30.4 Å². The van der Waals surface area contributed by atoms with Crippen LogP contribution in [0.3, 0.4) is 0 Å². The second-order valence-electron chi connectivity index (χ2n) is 8.13. The standard InChI is InChI=1S/C21H28F2N4/c1-25-12-16(11-24-25)13-27-10-7-18(14-27)17-5-8-26(9-6-17)15-19-3-2-4-20(22)21(19)23/h2-4,11-12,17-18H,5-10,13-15H2,1H3. The fraction of sp³-hybridized carbons (Fsp3) is 0.571. The number of aromatic nitrogens is 2. The van der Waals surface area contributed by atoms with Crippen LogP contribution in [0.15, 0.2) is 30.6 Å². The summed E-state index contributed by atoms with van der Waals surface area (Å²) in [6.07, 6.45) is 7.63. The Morgan fingerprint density at radius 1 is 1.00 bits per heavy atom. The molecule has 1 atom stereocenters. The third-order valence-electron chi connectivity index (χ3n) is 6.20. The lowest BCUT2D eigenvalue weighted by Crippen LogP contribution is -2.36. The predicted octanol–water partition coefficient (Wildman–Crippen LogP) is 3.43. The Balaban J connectivity index is 1.25. The minimum Gasteiger partial charge on any atom is -0.299 e. The molecule has 2 fully saturated rings. The van der Waals surface area contributed by atoms with Gasteiger partial charge >= 0.3 is 0 Å². The molecule has 4 nitrogen and oxygen atoms in total. The van der Waals surface area contributed by atoms with Crippen molar-refractivity contribution in [3.05, 3.63) is 53.4 Å². The molecule has 3 heterocycles. The Bertz CT molecular complexity index is 767. The number of halogens is 2. The normalized spacial score (nSPS) is 22.6. The number of rotatable bonds is 5. The summed E-state index contributed by atoms with van der Waals surface area (Å²) >= 11 is 0. The summed E-state index contributed by atoms with van der Waals surface area (Å²) in [5.41, 5.74) is 1.75. The first-order valence-corrected chi connectivity index (χ1v) is 9.93. The quantitative estimate of drug-likeness (QED) is 0.801. The molecule has 27 heavy (non-hydrogen) atoms. The van der Waals surface area contributed by atoms with Crippen molar-refractivity contribution >= 4 is 0 Å². The molecule has 146 valence electrons. The maximum atomic E-state index is 13.9. The van der Waals surface area contributed by atoms with E-state index >= 15 is 0 Å².